The van der Waals surface area contributed by atoms with E-state index in [2.05, 4.69) is 10.3 Å². The molecule has 0 aliphatic heterocycles. The molecule has 0 atom stereocenters. The number of nitrogens with one attached hydrogen (secondary N) is 1. The highest BCUT2D eigenvalue weighted by Crippen LogP contribution is 2.33. The van der Waals surface area contributed by atoms with E-state index in [1.54, 1.807) is 13.8 Å². The second kappa shape index (κ2) is 6.79. The van der Waals surface area contributed by atoms with Crippen LogP contribution in [-0.2, 0) is 16.1 Å². The summed E-state index contributed by atoms with van der Waals surface area (Å²) in [6, 6.07) is 0. The van der Waals surface area contributed by atoms with Crippen LogP contribution in [0.3, 0.4) is 0 Å². The lowest BCUT2D eigenvalue weighted by molar-refractivity contribution is -0.392. The van der Waals surface area contributed by atoms with Crippen LogP contribution in [0.5, 0.6) is 0 Å². The van der Waals surface area contributed by atoms with Crippen LogP contribution in [-0.4, -0.2) is 33.5 Å². The lowest BCUT2D eigenvalue weighted by atomic mass is 10.1. The number of thiophene rings is 1. The molecule has 0 aliphatic rings. The van der Waals surface area contributed by atoms with Gasteiger partial charge in [-0.2, -0.15) is 0 Å². The summed E-state index contributed by atoms with van der Waals surface area (Å²) < 4.78 is 5.94. The number of esters is 1. The van der Waals surface area contributed by atoms with Gasteiger partial charge in [0.1, 0.15) is 11.2 Å². The lowest BCUT2D eigenvalue weighted by Crippen LogP contribution is -2.21. The van der Waals surface area contributed by atoms with Gasteiger partial charge in [0.05, 0.1) is 12.7 Å². The second-order valence-corrected chi connectivity index (χ2v) is 6.26. The van der Waals surface area contributed by atoms with E-state index in [1.807, 2.05) is 6.92 Å². The van der Waals surface area contributed by atoms with Gasteiger partial charge >= 0.3 is 11.8 Å². The van der Waals surface area contributed by atoms with Crippen molar-refractivity contribution in [2.75, 3.05) is 12.4 Å². The Labute approximate surface area is 141 Å². The van der Waals surface area contributed by atoms with Crippen molar-refractivity contribution in [1.29, 1.82) is 0 Å². The first-order valence-electron chi connectivity index (χ1n) is 6.91. The molecular formula is C14H16N4O5S. The molecule has 0 saturated heterocycles. The van der Waals surface area contributed by atoms with Gasteiger partial charge in [-0.15, -0.1) is 11.3 Å². The summed E-state index contributed by atoms with van der Waals surface area (Å²) in [6.45, 7) is 4.88. The van der Waals surface area contributed by atoms with E-state index in [9.17, 15) is 19.7 Å². The molecule has 2 aromatic heterocycles. The summed E-state index contributed by atoms with van der Waals surface area (Å²) in [5, 5.41) is 13.9. The summed E-state index contributed by atoms with van der Waals surface area (Å²) in [6.07, 6.45) is 1.10. The van der Waals surface area contributed by atoms with Crippen molar-refractivity contribution in [2.24, 2.45) is 0 Å². The third-order valence-electron chi connectivity index (χ3n) is 3.55. The minimum atomic E-state index is -0.605. The van der Waals surface area contributed by atoms with Gasteiger partial charge in [0.25, 0.3) is 5.91 Å². The lowest BCUT2D eigenvalue weighted by Gasteiger charge is -2.06. The van der Waals surface area contributed by atoms with Crippen LogP contribution < -0.4 is 5.32 Å². The SMILES string of the molecule is COC(=O)c1c(NC(=O)Cn2c([N+](=O)[O-])cnc2C)sc(C)c1C. The Balaban J connectivity index is 2.26. The molecule has 10 heteroatoms. The number of nitrogens with zero attached hydrogens (tertiary/aromatic N) is 3. The van der Waals surface area contributed by atoms with E-state index in [1.165, 1.54) is 23.0 Å². The Bertz CT molecular complexity index is 823. The minimum absolute atomic E-state index is 0.269. The molecule has 1 amide bonds. The Morgan fingerprint density at radius 2 is 2.08 bits per heavy atom. The number of methoxy groups -OCH3 is 1. The first-order chi connectivity index (χ1) is 11.3. The number of nitro groups is 1. The van der Waals surface area contributed by atoms with E-state index >= 15 is 0 Å². The van der Waals surface area contributed by atoms with Crippen LogP contribution in [0, 0.1) is 30.9 Å². The summed E-state index contributed by atoms with van der Waals surface area (Å²) in [4.78, 5) is 39.2. The van der Waals surface area contributed by atoms with E-state index < -0.39 is 16.8 Å². The van der Waals surface area contributed by atoms with Gasteiger partial charge in [-0.25, -0.2) is 14.3 Å². The van der Waals surface area contributed by atoms with Gasteiger partial charge in [0, 0.05) is 11.8 Å². The number of amides is 1. The molecule has 0 bridgehead atoms. The van der Waals surface area contributed by atoms with Crippen molar-refractivity contribution in [3.63, 3.8) is 0 Å². The molecule has 0 saturated carbocycles. The number of aromatic nitrogens is 2. The van der Waals surface area contributed by atoms with Crippen molar-refractivity contribution >= 4 is 34.0 Å². The van der Waals surface area contributed by atoms with Crippen molar-refractivity contribution < 1.29 is 19.2 Å². The summed E-state index contributed by atoms with van der Waals surface area (Å²) >= 11 is 1.25. The molecule has 0 aliphatic carbocycles. The number of carbonyl (C=O) groups is 2. The number of aryl methyl sites for hydroxylation is 2. The minimum Gasteiger partial charge on any atom is -0.465 e. The predicted molar refractivity (Wildman–Crippen MR) is 87.4 cm³/mol. The smallest absolute Gasteiger partial charge is 0.343 e. The highest BCUT2D eigenvalue weighted by Gasteiger charge is 2.24. The molecule has 24 heavy (non-hydrogen) atoms. The van der Waals surface area contributed by atoms with Gasteiger partial charge in [-0.05, 0) is 24.3 Å². The summed E-state index contributed by atoms with van der Waals surface area (Å²) in [5.74, 6) is -0.958. The zero-order valence-corrected chi connectivity index (χ0v) is 14.4. The molecule has 0 radical (unpaired) electrons. The average molecular weight is 352 g/mol. The maximum atomic E-state index is 12.3. The molecule has 9 nitrogen and oxygen atoms in total. The van der Waals surface area contributed by atoms with Crippen LogP contribution in [0.1, 0.15) is 26.6 Å². The molecule has 128 valence electrons. The van der Waals surface area contributed by atoms with E-state index in [4.69, 9.17) is 4.74 Å². The van der Waals surface area contributed by atoms with Crippen LogP contribution >= 0.6 is 11.3 Å². The van der Waals surface area contributed by atoms with Crippen molar-refractivity contribution in [1.82, 2.24) is 9.55 Å². The molecule has 2 aromatic rings. The number of hydrogen-bond donors (Lipinski definition) is 1. The number of anilines is 1. The fourth-order valence-electron chi connectivity index (χ4n) is 2.17. The molecule has 0 fully saturated rings. The van der Waals surface area contributed by atoms with E-state index in [0.29, 0.717) is 16.4 Å². The highest BCUT2D eigenvalue weighted by atomic mass is 32.1. The fraction of sp³-hybridized carbons (Fsp3) is 0.357. The van der Waals surface area contributed by atoms with Gasteiger partial charge in [0.2, 0.25) is 0 Å². The molecule has 2 rings (SSSR count). The standard InChI is InChI=1S/C14H16N4O5S/c1-7-8(2)24-13(12(7)14(20)23-4)16-10(19)6-17-9(3)15-5-11(17)18(21)22/h5H,6H2,1-4H3,(H,16,19). The van der Waals surface area contributed by atoms with Crippen molar-refractivity contribution in [3.8, 4) is 0 Å². The molecule has 0 aromatic carbocycles. The van der Waals surface area contributed by atoms with Gasteiger partial charge in [-0.3, -0.25) is 4.79 Å². The average Bonchev–Trinajstić information content (AvgIpc) is 3.00. The number of hydrogen-bond acceptors (Lipinski definition) is 7. The van der Waals surface area contributed by atoms with Gasteiger partial charge in [-0.1, -0.05) is 0 Å². The molecule has 0 spiro atoms. The highest BCUT2D eigenvalue weighted by molar-refractivity contribution is 7.16. The van der Waals surface area contributed by atoms with Gasteiger partial charge < -0.3 is 20.2 Å². The van der Waals surface area contributed by atoms with E-state index in [0.717, 1.165) is 16.6 Å². The Hall–Kier alpha value is -2.75. The first kappa shape index (κ1) is 17.6. The van der Waals surface area contributed by atoms with Gasteiger partial charge in [0.15, 0.2) is 12.4 Å². The third-order valence-corrected chi connectivity index (χ3v) is 4.67. The van der Waals surface area contributed by atoms with Crippen molar-refractivity contribution in [3.05, 3.63) is 38.1 Å². The van der Waals surface area contributed by atoms with Crippen LogP contribution in [0.25, 0.3) is 0 Å². The van der Waals surface area contributed by atoms with Crippen LogP contribution in [0.2, 0.25) is 0 Å². The van der Waals surface area contributed by atoms with Crippen LogP contribution in [0.15, 0.2) is 6.20 Å². The molecule has 0 unspecified atom stereocenters. The van der Waals surface area contributed by atoms with E-state index in [-0.39, 0.29) is 12.4 Å². The Morgan fingerprint density at radius 3 is 2.67 bits per heavy atom. The number of carbonyl (C=O) groups excluding carboxylic acids is 2. The maximum Gasteiger partial charge on any atom is 0.343 e. The topological polar surface area (TPSA) is 116 Å². The normalized spacial score (nSPS) is 10.5. The second-order valence-electron chi connectivity index (χ2n) is 5.03. The monoisotopic (exact) mass is 352 g/mol. The predicted octanol–water partition coefficient (Wildman–Crippen LogP) is 2.20. The summed E-state index contributed by atoms with van der Waals surface area (Å²) in [7, 11) is 1.26. The molecule has 1 N–H and O–H groups in total. The number of ether oxygens (including phenoxy) is 1. The largest absolute Gasteiger partial charge is 0.465 e. The zero-order chi connectivity index (χ0) is 18.0. The first-order valence-corrected chi connectivity index (χ1v) is 7.72. The Kier molecular flexibility index (Phi) is 4.98. The Morgan fingerprint density at radius 1 is 1.42 bits per heavy atom. The molecule has 2 heterocycles. The molecular weight excluding hydrogens is 336 g/mol. The fourth-order valence-corrected chi connectivity index (χ4v) is 3.23. The van der Waals surface area contributed by atoms with Crippen LogP contribution in [0.4, 0.5) is 10.8 Å². The zero-order valence-electron chi connectivity index (χ0n) is 13.6. The quantitative estimate of drug-likeness (QED) is 0.501. The maximum absolute atomic E-state index is 12.3. The summed E-state index contributed by atoms with van der Waals surface area (Å²) in [5.41, 5.74) is 1.03. The number of imidazole rings is 1. The van der Waals surface area contributed by atoms with Crippen molar-refractivity contribution in [2.45, 2.75) is 27.3 Å². The number of rotatable bonds is 5. The third kappa shape index (κ3) is 3.27.